The molecule has 180 valence electrons. The highest BCUT2D eigenvalue weighted by atomic mass is 35.5. The lowest BCUT2D eigenvalue weighted by Crippen LogP contribution is -2.54. The minimum Gasteiger partial charge on any atom is -0.326 e. The summed E-state index contributed by atoms with van der Waals surface area (Å²) in [4.78, 5) is 0. The number of rotatable bonds is 10. The number of hydrogen-bond acceptors (Lipinski definition) is 0. The SMILES string of the molecule is CC(C)(C)C.CCCC(C)Cl.CCCCCCCC(C)C.CCC[N+]1(C)CCC1. The number of alkyl halides is 1. The molecule has 0 aromatic rings. The Labute approximate surface area is 193 Å². The van der Waals surface area contributed by atoms with Gasteiger partial charge < -0.3 is 4.48 Å². The number of halogens is 1. The Morgan fingerprint density at radius 2 is 1.24 bits per heavy atom. The molecule has 0 aromatic heterocycles. The first-order chi connectivity index (χ1) is 13.3. The highest BCUT2D eigenvalue weighted by Gasteiger charge is 2.28. The second-order valence-corrected chi connectivity index (χ2v) is 12.1. The van der Waals surface area contributed by atoms with E-state index in [1.807, 2.05) is 6.92 Å². The van der Waals surface area contributed by atoms with Crippen LogP contribution in [0.2, 0.25) is 0 Å². The summed E-state index contributed by atoms with van der Waals surface area (Å²) in [6.45, 7) is 26.3. The molecule has 1 rings (SSSR count). The van der Waals surface area contributed by atoms with Crippen molar-refractivity contribution < 1.29 is 4.48 Å². The van der Waals surface area contributed by atoms with Gasteiger partial charge in [0.2, 0.25) is 0 Å². The Balaban J connectivity index is -0.000000322. The summed E-state index contributed by atoms with van der Waals surface area (Å²) in [7, 11) is 2.35. The van der Waals surface area contributed by atoms with Gasteiger partial charge in [-0.15, -0.1) is 11.6 Å². The summed E-state index contributed by atoms with van der Waals surface area (Å²) in [5.74, 6) is 0.904. The van der Waals surface area contributed by atoms with Crippen LogP contribution in [0, 0.1) is 11.3 Å². The Kier molecular flexibility index (Phi) is 25.1. The van der Waals surface area contributed by atoms with E-state index in [0.717, 1.165) is 12.3 Å². The van der Waals surface area contributed by atoms with E-state index in [0.29, 0.717) is 10.8 Å². The van der Waals surface area contributed by atoms with E-state index in [9.17, 15) is 0 Å². The van der Waals surface area contributed by atoms with Gasteiger partial charge in [-0.1, -0.05) is 107 Å². The number of quaternary nitrogens is 1. The molecule has 0 bridgehead atoms. The molecule has 1 aliphatic heterocycles. The molecule has 1 aliphatic rings. The van der Waals surface area contributed by atoms with Gasteiger partial charge in [-0.3, -0.25) is 0 Å². The highest BCUT2D eigenvalue weighted by molar-refractivity contribution is 6.20. The zero-order valence-electron chi connectivity index (χ0n) is 22.7. The highest BCUT2D eigenvalue weighted by Crippen LogP contribution is 2.16. The minimum atomic E-state index is 0.370. The Hall–Kier alpha value is 0.250. The van der Waals surface area contributed by atoms with E-state index in [2.05, 4.69) is 69.4 Å². The molecule has 1 saturated heterocycles. The molecule has 0 spiro atoms. The Bertz CT molecular complexity index is 294. The van der Waals surface area contributed by atoms with Crippen LogP contribution in [0.5, 0.6) is 0 Å². The van der Waals surface area contributed by atoms with Crippen LogP contribution >= 0.6 is 11.6 Å². The van der Waals surface area contributed by atoms with Crippen LogP contribution in [0.3, 0.4) is 0 Å². The molecular formula is C27H61ClN+. The third kappa shape index (κ3) is 39.3. The molecule has 0 aliphatic carbocycles. The summed E-state index contributed by atoms with van der Waals surface area (Å²) >= 11 is 5.58. The largest absolute Gasteiger partial charge is 0.326 e. The molecule has 1 fully saturated rings. The number of nitrogens with zero attached hydrogens (tertiary/aromatic N) is 1. The fourth-order valence-electron chi connectivity index (χ4n) is 3.02. The maximum absolute atomic E-state index is 5.58. The van der Waals surface area contributed by atoms with Crippen molar-refractivity contribution in [2.75, 3.05) is 26.7 Å². The van der Waals surface area contributed by atoms with E-state index in [4.69, 9.17) is 11.6 Å². The number of likely N-dealkylation sites (tertiary alicyclic amines) is 1. The molecule has 0 amide bonds. The van der Waals surface area contributed by atoms with Gasteiger partial charge in [0.1, 0.15) is 0 Å². The van der Waals surface area contributed by atoms with Crippen LogP contribution in [0.15, 0.2) is 0 Å². The second kappa shape index (κ2) is 21.5. The maximum atomic E-state index is 5.58. The average molecular weight is 435 g/mol. The van der Waals surface area contributed by atoms with Crippen molar-refractivity contribution in [3.05, 3.63) is 0 Å². The molecule has 29 heavy (non-hydrogen) atoms. The molecule has 1 nitrogen and oxygen atoms in total. The smallest absolute Gasteiger partial charge is 0.0839 e. The molecule has 0 N–H and O–H groups in total. The molecule has 1 heterocycles. The normalized spacial score (nSPS) is 15.6. The molecule has 1 unspecified atom stereocenters. The van der Waals surface area contributed by atoms with Gasteiger partial charge >= 0.3 is 0 Å². The Morgan fingerprint density at radius 1 is 0.759 bits per heavy atom. The van der Waals surface area contributed by atoms with E-state index in [1.165, 1.54) is 81.9 Å². The van der Waals surface area contributed by atoms with Crippen LogP contribution in [0.4, 0.5) is 0 Å². The quantitative estimate of drug-likeness (QED) is 0.182. The predicted octanol–water partition coefficient (Wildman–Crippen LogP) is 9.72. The fraction of sp³-hybridized carbons (Fsp3) is 1.00. The first-order valence-electron chi connectivity index (χ1n) is 12.8. The van der Waals surface area contributed by atoms with Crippen LogP contribution in [-0.2, 0) is 0 Å². The monoisotopic (exact) mass is 434 g/mol. The van der Waals surface area contributed by atoms with Crippen LogP contribution in [0.25, 0.3) is 0 Å². The molecule has 1 atom stereocenters. The first-order valence-corrected chi connectivity index (χ1v) is 13.2. The van der Waals surface area contributed by atoms with E-state index >= 15 is 0 Å². The van der Waals surface area contributed by atoms with Gasteiger partial charge in [0.15, 0.2) is 0 Å². The Morgan fingerprint density at radius 3 is 1.45 bits per heavy atom. The van der Waals surface area contributed by atoms with Crippen molar-refractivity contribution in [2.24, 2.45) is 11.3 Å². The third-order valence-corrected chi connectivity index (χ3v) is 4.95. The molecule has 0 radical (unpaired) electrons. The molecular weight excluding hydrogens is 374 g/mol. The lowest BCUT2D eigenvalue weighted by molar-refractivity contribution is -0.946. The second-order valence-electron chi connectivity index (χ2n) is 11.3. The maximum Gasteiger partial charge on any atom is 0.0839 e. The average Bonchev–Trinajstić information content (AvgIpc) is 2.53. The number of hydrogen-bond donors (Lipinski definition) is 0. The summed E-state index contributed by atoms with van der Waals surface area (Å²) in [6, 6.07) is 0. The molecule has 0 aromatic carbocycles. The predicted molar refractivity (Wildman–Crippen MR) is 139 cm³/mol. The van der Waals surface area contributed by atoms with Crippen molar-refractivity contribution >= 4 is 11.6 Å². The molecule has 0 saturated carbocycles. The summed E-state index contributed by atoms with van der Waals surface area (Å²) in [5, 5.41) is 0.370. The van der Waals surface area contributed by atoms with E-state index in [-0.39, 0.29) is 0 Å². The van der Waals surface area contributed by atoms with Gasteiger partial charge in [-0.05, 0) is 31.1 Å². The van der Waals surface area contributed by atoms with Gasteiger partial charge in [-0.25, -0.2) is 0 Å². The van der Waals surface area contributed by atoms with Crippen molar-refractivity contribution in [3.63, 3.8) is 0 Å². The first kappa shape index (κ1) is 33.9. The summed E-state index contributed by atoms with van der Waals surface area (Å²) in [5.41, 5.74) is 0.500. The van der Waals surface area contributed by atoms with Gasteiger partial charge in [0.25, 0.3) is 0 Å². The van der Waals surface area contributed by atoms with E-state index in [1.54, 1.807) is 0 Å². The van der Waals surface area contributed by atoms with E-state index < -0.39 is 0 Å². The molecule has 2 heteroatoms. The third-order valence-electron chi connectivity index (χ3n) is 4.73. The van der Waals surface area contributed by atoms with Crippen LogP contribution in [0.1, 0.15) is 133 Å². The van der Waals surface area contributed by atoms with Crippen molar-refractivity contribution in [1.29, 1.82) is 0 Å². The summed E-state index contributed by atoms with van der Waals surface area (Å²) in [6.07, 6.45) is 13.7. The van der Waals surface area contributed by atoms with Crippen LogP contribution in [-0.4, -0.2) is 36.5 Å². The lowest BCUT2D eigenvalue weighted by atomic mass is 10.0. The van der Waals surface area contributed by atoms with Gasteiger partial charge in [0, 0.05) is 11.8 Å². The fourth-order valence-corrected chi connectivity index (χ4v) is 3.23. The topological polar surface area (TPSA) is 0 Å². The standard InChI is InChI=1S/C10H22.C7H16N.C5H11Cl.C5H12/c1-4-5-6-7-8-9-10(2)3;1-3-5-8(2)6-4-7-8;1-3-4-5(2)6;1-5(2,3)4/h10H,4-9H2,1-3H3;3-7H2,1-2H3;5H,3-4H2,1-2H3;1-4H3/q;+1;;. The van der Waals surface area contributed by atoms with Gasteiger partial charge in [0.05, 0.1) is 26.7 Å². The number of unbranched alkanes of at least 4 members (excludes halogenated alkanes) is 4. The lowest BCUT2D eigenvalue weighted by Gasteiger charge is -2.41. The van der Waals surface area contributed by atoms with Crippen LogP contribution < -0.4 is 0 Å². The van der Waals surface area contributed by atoms with Gasteiger partial charge in [-0.2, -0.15) is 0 Å². The zero-order chi connectivity index (χ0) is 23.3. The minimum absolute atomic E-state index is 0.370. The zero-order valence-corrected chi connectivity index (χ0v) is 23.4. The summed E-state index contributed by atoms with van der Waals surface area (Å²) < 4.78 is 1.34. The van der Waals surface area contributed by atoms with Crippen molar-refractivity contribution in [1.82, 2.24) is 0 Å². The van der Waals surface area contributed by atoms with Crippen molar-refractivity contribution in [3.8, 4) is 0 Å². The van der Waals surface area contributed by atoms with Crippen molar-refractivity contribution in [2.45, 2.75) is 139 Å².